The van der Waals surface area contributed by atoms with Crippen LogP contribution in [-0.4, -0.2) is 46.6 Å². The van der Waals surface area contributed by atoms with Crippen molar-refractivity contribution in [3.05, 3.63) is 77.3 Å². The van der Waals surface area contributed by atoms with Crippen LogP contribution in [0.1, 0.15) is 62.3 Å². The number of nitrogens with zero attached hydrogens (tertiary/aromatic N) is 7. The number of rotatable bonds is 6. The first-order chi connectivity index (χ1) is 17.8. The van der Waals surface area contributed by atoms with Crippen molar-refractivity contribution < 1.29 is 13.9 Å². The third-order valence-corrected chi connectivity index (χ3v) is 8.27. The van der Waals surface area contributed by atoms with Gasteiger partial charge in [0.1, 0.15) is 18.0 Å². The lowest BCUT2D eigenvalue weighted by atomic mass is 9.66. The Morgan fingerprint density at radius 3 is 2.68 bits per heavy atom. The minimum atomic E-state index is -0.660. The number of fused-ring (bicyclic) bond motifs is 5. The van der Waals surface area contributed by atoms with Gasteiger partial charge in [0.2, 0.25) is 0 Å². The van der Waals surface area contributed by atoms with Gasteiger partial charge in [0, 0.05) is 19.2 Å². The maximum Gasteiger partial charge on any atom is 0.252 e. The van der Waals surface area contributed by atoms with Crippen molar-refractivity contribution in [1.82, 2.24) is 34.9 Å². The van der Waals surface area contributed by atoms with Crippen molar-refractivity contribution in [2.45, 2.75) is 51.4 Å². The van der Waals surface area contributed by atoms with Gasteiger partial charge in [-0.2, -0.15) is 9.78 Å². The molecule has 37 heavy (non-hydrogen) atoms. The Kier molecular flexibility index (Phi) is 5.41. The van der Waals surface area contributed by atoms with Crippen LogP contribution < -0.4 is 0 Å². The highest BCUT2D eigenvalue weighted by molar-refractivity contribution is 5.64. The van der Waals surface area contributed by atoms with E-state index in [0.29, 0.717) is 18.2 Å². The van der Waals surface area contributed by atoms with E-state index in [1.165, 1.54) is 18.2 Å². The summed E-state index contributed by atoms with van der Waals surface area (Å²) in [7, 11) is 0. The summed E-state index contributed by atoms with van der Waals surface area (Å²) in [4.78, 5) is 13.7. The molecule has 3 heterocycles. The Morgan fingerprint density at radius 1 is 1.14 bits per heavy atom. The van der Waals surface area contributed by atoms with Crippen molar-refractivity contribution in [2.24, 2.45) is 11.3 Å². The molecule has 10 heteroatoms. The maximum atomic E-state index is 14.5. The van der Waals surface area contributed by atoms with Gasteiger partial charge in [-0.1, -0.05) is 26.8 Å². The minimum Gasteiger partial charge on any atom is -0.396 e. The average molecular weight is 504 g/mol. The van der Waals surface area contributed by atoms with Crippen molar-refractivity contribution in [3.63, 3.8) is 0 Å². The van der Waals surface area contributed by atoms with Crippen molar-refractivity contribution in [2.75, 3.05) is 6.61 Å². The smallest absolute Gasteiger partial charge is 0.252 e. The van der Waals surface area contributed by atoms with Crippen LogP contribution in [0.2, 0.25) is 0 Å². The van der Waals surface area contributed by atoms with Crippen LogP contribution in [0.25, 0.3) is 17.2 Å². The van der Waals surface area contributed by atoms with Gasteiger partial charge in [-0.15, -0.1) is 10.2 Å². The highest BCUT2D eigenvalue weighted by Crippen LogP contribution is 2.69. The lowest BCUT2D eigenvalue weighted by Crippen LogP contribution is -2.38. The summed E-state index contributed by atoms with van der Waals surface area (Å²) in [6.45, 7) is 6.38. The van der Waals surface area contributed by atoms with Crippen LogP contribution in [0, 0.1) is 23.0 Å². The summed E-state index contributed by atoms with van der Waals surface area (Å²) in [5.74, 6) is -0.120. The summed E-state index contributed by atoms with van der Waals surface area (Å²) in [5, 5.41) is 22.7. The van der Waals surface area contributed by atoms with E-state index in [-0.39, 0.29) is 35.1 Å². The van der Waals surface area contributed by atoms with E-state index in [1.54, 1.807) is 23.3 Å². The lowest BCUT2D eigenvalue weighted by molar-refractivity contribution is 0.235. The molecule has 6 rings (SSSR count). The molecule has 3 aromatic heterocycles. The number of hydrogen-bond acceptors (Lipinski definition) is 7. The van der Waals surface area contributed by atoms with E-state index in [4.69, 9.17) is 4.98 Å². The number of aliphatic hydroxyl groups is 1. The highest BCUT2D eigenvalue weighted by atomic mass is 19.1. The standard InChI is InChI=1S/C27H27F2N7O/c1-15(13-37)11-22-31-14-36(35-22)25-30-10-8-21(32-25)27-9-7-17(26(27,2)3)16-12-20(33-34-24(16)27)23-18(28)5-4-6-19(23)29/h4-6,8,10,12,14-15,17,37H,7,9,11,13H2,1-3H3/t15-,17-,27-/m0/s1. The van der Waals surface area contributed by atoms with Crippen LogP contribution in [0.3, 0.4) is 0 Å². The first kappa shape index (κ1) is 23.7. The SMILES string of the molecule is C[C@H](CO)Cc1ncn(-c2nccc([C@@]34CC[C@@H](c5cc(-c6c(F)cccc6F)nnc53)C4(C)C)n2)n1. The Hall–Kier alpha value is -3.66. The zero-order chi connectivity index (χ0) is 25.9. The molecule has 3 atom stereocenters. The van der Waals surface area contributed by atoms with Gasteiger partial charge >= 0.3 is 0 Å². The van der Waals surface area contributed by atoms with Crippen molar-refractivity contribution in [3.8, 4) is 17.2 Å². The molecule has 190 valence electrons. The predicted octanol–water partition coefficient (Wildman–Crippen LogP) is 4.17. The number of aliphatic hydroxyl groups excluding tert-OH is 1. The van der Waals surface area contributed by atoms with Crippen molar-refractivity contribution in [1.29, 1.82) is 0 Å². The molecule has 1 N–H and O–H groups in total. The number of benzene rings is 1. The number of hydrogen-bond donors (Lipinski definition) is 1. The minimum absolute atomic E-state index is 0.0505. The Morgan fingerprint density at radius 2 is 1.92 bits per heavy atom. The predicted molar refractivity (Wildman–Crippen MR) is 131 cm³/mol. The topological polar surface area (TPSA) is 102 Å². The summed E-state index contributed by atoms with van der Waals surface area (Å²) in [6, 6.07) is 7.50. The lowest BCUT2D eigenvalue weighted by Gasteiger charge is -2.37. The molecule has 2 bridgehead atoms. The number of aromatic nitrogens is 7. The zero-order valence-electron chi connectivity index (χ0n) is 20.9. The summed E-state index contributed by atoms with van der Waals surface area (Å²) >= 11 is 0. The molecule has 0 unspecified atom stereocenters. The molecule has 0 saturated heterocycles. The molecule has 1 fully saturated rings. The van der Waals surface area contributed by atoms with E-state index < -0.39 is 17.0 Å². The first-order valence-corrected chi connectivity index (χ1v) is 12.4. The van der Waals surface area contributed by atoms with Gasteiger partial charge in [0.15, 0.2) is 5.82 Å². The molecule has 0 spiro atoms. The van der Waals surface area contributed by atoms with E-state index in [9.17, 15) is 13.9 Å². The molecule has 0 radical (unpaired) electrons. The van der Waals surface area contributed by atoms with Crippen LogP contribution in [0.15, 0.2) is 42.9 Å². The second kappa shape index (κ2) is 8.44. The second-order valence-electron chi connectivity index (χ2n) is 10.7. The van der Waals surface area contributed by atoms with E-state index in [0.717, 1.165) is 29.8 Å². The summed E-state index contributed by atoms with van der Waals surface area (Å²) in [5.41, 5.74) is 1.83. The second-order valence-corrected chi connectivity index (χ2v) is 10.7. The van der Waals surface area contributed by atoms with Crippen LogP contribution in [0.5, 0.6) is 0 Å². The first-order valence-electron chi connectivity index (χ1n) is 12.4. The molecule has 0 aliphatic heterocycles. The van der Waals surface area contributed by atoms with Gasteiger partial charge in [0.25, 0.3) is 5.95 Å². The molecule has 2 aliphatic carbocycles. The fourth-order valence-electron chi connectivity index (χ4n) is 6.32. The quantitative estimate of drug-likeness (QED) is 0.421. The van der Waals surface area contributed by atoms with Crippen LogP contribution in [0.4, 0.5) is 8.78 Å². The maximum absolute atomic E-state index is 14.5. The summed E-state index contributed by atoms with van der Waals surface area (Å²) in [6.07, 6.45) is 5.57. The van der Waals surface area contributed by atoms with E-state index in [2.05, 4.69) is 39.1 Å². The molecular formula is C27H27F2N7O. The van der Waals surface area contributed by atoms with Gasteiger partial charge in [-0.05, 0) is 59.9 Å². The Labute approximate surface area is 212 Å². The van der Waals surface area contributed by atoms with Gasteiger partial charge in [-0.25, -0.2) is 23.7 Å². The molecular weight excluding hydrogens is 476 g/mol. The molecule has 4 aromatic rings. The van der Waals surface area contributed by atoms with E-state index >= 15 is 0 Å². The highest BCUT2D eigenvalue weighted by Gasteiger charge is 2.65. The Bertz CT molecular complexity index is 1480. The van der Waals surface area contributed by atoms with E-state index in [1.807, 2.05) is 13.0 Å². The molecule has 2 aliphatic rings. The molecule has 1 saturated carbocycles. The average Bonchev–Trinajstić information content (AvgIpc) is 3.51. The van der Waals surface area contributed by atoms with Gasteiger partial charge < -0.3 is 5.11 Å². The van der Waals surface area contributed by atoms with Crippen LogP contribution in [-0.2, 0) is 11.8 Å². The summed E-state index contributed by atoms with van der Waals surface area (Å²) < 4.78 is 30.6. The van der Waals surface area contributed by atoms with Crippen LogP contribution >= 0.6 is 0 Å². The Balaban J connectivity index is 1.43. The number of halogens is 2. The largest absolute Gasteiger partial charge is 0.396 e. The van der Waals surface area contributed by atoms with Gasteiger partial charge in [-0.3, -0.25) is 0 Å². The van der Waals surface area contributed by atoms with Crippen molar-refractivity contribution >= 4 is 0 Å². The fourth-order valence-corrected chi connectivity index (χ4v) is 6.32. The third kappa shape index (κ3) is 3.42. The zero-order valence-corrected chi connectivity index (χ0v) is 20.9. The third-order valence-electron chi connectivity index (χ3n) is 8.27. The fraction of sp³-hybridized carbons (Fsp3) is 0.407. The molecule has 8 nitrogen and oxygen atoms in total. The normalized spacial score (nSPS) is 22.3. The monoisotopic (exact) mass is 503 g/mol. The van der Waals surface area contributed by atoms with Gasteiger partial charge in [0.05, 0.1) is 28.1 Å². The molecule has 0 amide bonds. The molecule has 1 aromatic carbocycles.